The molecule has 1 aromatic heterocycles. The largest absolute Gasteiger partial charge is 0.501 e. The summed E-state index contributed by atoms with van der Waals surface area (Å²) < 4.78 is 81.0. The normalized spacial score (nSPS) is 17.9. The van der Waals surface area contributed by atoms with E-state index in [0.717, 1.165) is 12.1 Å². The molecular weight excluding hydrogens is 413 g/mol. The van der Waals surface area contributed by atoms with Gasteiger partial charge in [-0.15, -0.1) is 0 Å². The molecule has 1 fully saturated rings. The van der Waals surface area contributed by atoms with Crippen molar-refractivity contribution in [3.05, 3.63) is 47.3 Å². The maximum atomic E-state index is 13.3. The Bertz CT molecular complexity index is 1120. The molecular formula is C18H13F3N2O5S. The van der Waals surface area contributed by atoms with Crippen LogP contribution in [0.25, 0.3) is 0 Å². The van der Waals surface area contributed by atoms with Crippen LogP contribution in [-0.2, 0) is 31.5 Å². The Morgan fingerprint density at radius 2 is 1.93 bits per heavy atom. The van der Waals surface area contributed by atoms with E-state index >= 15 is 0 Å². The van der Waals surface area contributed by atoms with Gasteiger partial charge in [0.05, 0.1) is 29.9 Å². The molecule has 2 aliphatic rings. The lowest BCUT2D eigenvalue weighted by Crippen LogP contribution is -2.30. The second-order valence-corrected chi connectivity index (χ2v) is 8.35. The predicted molar refractivity (Wildman–Crippen MR) is 90.6 cm³/mol. The van der Waals surface area contributed by atoms with Crippen molar-refractivity contribution in [3.63, 3.8) is 0 Å². The Balaban J connectivity index is 1.87. The Kier molecular flexibility index (Phi) is 4.53. The van der Waals surface area contributed by atoms with Crippen LogP contribution in [0.1, 0.15) is 23.1 Å². The molecule has 0 bridgehead atoms. The molecule has 0 N–H and O–H groups in total. The van der Waals surface area contributed by atoms with Crippen LogP contribution >= 0.6 is 0 Å². The van der Waals surface area contributed by atoms with Gasteiger partial charge >= 0.3 is 5.51 Å². The van der Waals surface area contributed by atoms with Gasteiger partial charge < -0.3 is 14.2 Å². The van der Waals surface area contributed by atoms with Crippen molar-refractivity contribution in [1.29, 1.82) is 5.26 Å². The highest BCUT2D eigenvalue weighted by Crippen LogP contribution is 2.51. The van der Waals surface area contributed by atoms with Gasteiger partial charge in [-0.3, -0.25) is 4.98 Å². The van der Waals surface area contributed by atoms with E-state index < -0.39 is 26.0 Å². The van der Waals surface area contributed by atoms with Gasteiger partial charge in [0.1, 0.15) is 17.6 Å². The summed E-state index contributed by atoms with van der Waals surface area (Å²) in [6.45, 7) is 0.258. The molecule has 0 saturated carbocycles. The number of sulfone groups is 1. The number of halogens is 3. The van der Waals surface area contributed by atoms with E-state index in [4.69, 9.17) is 19.5 Å². The van der Waals surface area contributed by atoms with Crippen LogP contribution in [0.5, 0.6) is 11.5 Å². The minimum absolute atomic E-state index is 0.129. The number of hydrogen-bond acceptors (Lipinski definition) is 7. The predicted octanol–water partition coefficient (Wildman–Crippen LogP) is 3.18. The number of hydrogen-bond donors (Lipinski definition) is 0. The highest BCUT2D eigenvalue weighted by molar-refractivity contribution is 7.92. The molecule has 2 heterocycles. The summed E-state index contributed by atoms with van der Waals surface area (Å²) in [5, 5.41) is 8.97. The smallest absolute Gasteiger partial charge is 0.455 e. The van der Waals surface area contributed by atoms with Crippen LogP contribution < -0.4 is 4.74 Å². The fourth-order valence-electron chi connectivity index (χ4n) is 3.54. The van der Waals surface area contributed by atoms with Crippen molar-refractivity contribution in [2.45, 2.75) is 29.0 Å². The lowest BCUT2D eigenvalue weighted by atomic mass is 10.1. The van der Waals surface area contributed by atoms with Crippen molar-refractivity contribution in [2.24, 2.45) is 0 Å². The number of pyridine rings is 1. The molecule has 1 spiro atoms. The molecule has 7 nitrogen and oxygen atoms in total. The molecule has 0 radical (unpaired) electrons. The van der Waals surface area contributed by atoms with Gasteiger partial charge in [-0.05, 0) is 18.6 Å². The molecule has 1 aliphatic heterocycles. The minimum atomic E-state index is -5.64. The van der Waals surface area contributed by atoms with Crippen LogP contribution in [0.3, 0.4) is 0 Å². The number of rotatable bonds is 3. The number of nitrogens with zero attached hydrogens (tertiary/aromatic N) is 2. The second-order valence-electron chi connectivity index (χ2n) is 6.44. The molecule has 29 heavy (non-hydrogen) atoms. The molecule has 1 aliphatic carbocycles. The summed E-state index contributed by atoms with van der Waals surface area (Å²) in [5.41, 5.74) is -5.18. The lowest BCUT2D eigenvalue weighted by molar-refractivity contribution is -0.164. The average molecular weight is 426 g/mol. The monoisotopic (exact) mass is 426 g/mol. The van der Waals surface area contributed by atoms with Gasteiger partial charge in [0, 0.05) is 29.8 Å². The summed E-state index contributed by atoms with van der Waals surface area (Å²) in [6, 6.07) is 5.31. The molecule has 4 rings (SSSR count). The van der Waals surface area contributed by atoms with Gasteiger partial charge in [0.25, 0.3) is 9.84 Å². The van der Waals surface area contributed by atoms with Crippen LogP contribution in [-0.4, -0.2) is 32.1 Å². The third-order valence-corrected chi connectivity index (χ3v) is 6.26. The zero-order valence-corrected chi connectivity index (χ0v) is 15.5. The quantitative estimate of drug-likeness (QED) is 0.743. The Labute approximate surface area is 163 Å². The number of fused-ring (bicyclic) bond motifs is 2. The Hall–Kier alpha value is -2.68. The third kappa shape index (κ3) is 3.13. The molecule has 0 amide bonds. The van der Waals surface area contributed by atoms with E-state index in [1.165, 1.54) is 18.5 Å². The van der Waals surface area contributed by atoms with Crippen LogP contribution in [0.2, 0.25) is 0 Å². The highest BCUT2D eigenvalue weighted by Gasteiger charge is 2.54. The molecule has 0 atom stereocenters. The van der Waals surface area contributed by atoms with E-state index in [-0.39, 0.29) is 54.2 Å². The summed E-state index contributed by atoms with van der Waals surface area (Å²) in [5.74, 6) is -1.23. The van der Waals surface area contributed by atoms with E-state index in [0.29, 0.717) is 0 Å². The molecule has 1 aromatic carbocycles. The lowest BCUT2D eigenvalue weighted by Gasteiger charge is -2.26. The van der Waals surface area contributed by atoms with Crippen LogP contribution in [0.4, 0.5) is 13.2 Å². The number of nitriles is 1. The van der Waals surface area contributed by atoms with E-state index in [1.807, 2.05) is 6.07 Å². The highest BCUT2D eigenvalue weighted by atomic mass is 32.2. The topological polar surface area (TPSA) is 98.5 Å². The average Bonchev–Trinajstić information content (AvgIpc) is 3.30. The number of alkyl halides is 3. The Morgan fingerprint density at radius 1 is 1.21 bits per heavy atom. The standard InChI is InChI=1S/C18H13F3N2O5S/c19-18(20,21)29(24,25)15-2-1-14(28-12-7-11(8-22)9-23-10-12)13-3-4-17(16(13)15)26-5-6-27-17/h1-2,7,9-10H,3-6H2. The summed E-state index contributed by atoms with van der Waals surface area (Å²) in [7, 11) is -5.64. The summed E-state index contributed by atoms with van der Waals surface area (Å²) in [6.07, 6.45) is 3.00. The number of benzene rings is 1. The zero-order valence-electron chi connectivity index (χ0n) is 14.7. The molecule has 0 unspecified atom stereocenters. The number of aromatic nitrogens is 1. The molecule has 1 saturated heterocycles. The first-order valence-corrected chi connectivity index (χ1v) is 9.95. The van der Waals surface area contributed by atoms with E-state index in [2.05, 4.69) is 4.98 Å². The maximum Gasteiger partial charge on any atom is 0.501 e. The van der Waals surface area contributed by atoms with Crippen molar-refractivity contribution >= 4 is 9.84 Å². The van der Waals surface area contributed by atoms with Gasteiger partial charge in [-0.2, -0.15) is 18.4 Å². The second kappa shape index (κ2) is 6.69. The van der Waals surface area contributed by atoms with E-state index in [9.17, 15) is 21.6 Å². The minimum Gasteiger partial charge on any atom is -0.455 e. The van der Waals surface area contributed by atoms with Gasteiger partial charge in [0.15, 0.2) is 5.79 Å². The van der Waals surface area contributed by atoms with Gasteiger partial charge in [0.2, 0.25) is 0 Å². The summed E-state index contributed by atoms with van der Waals surface area (Å²) in [4.78, 5) is 2.96. The van der Waals surface area contributed by atoms with Gasteiger partial charge in [-0.25, -0.2) is 8.42 Å². The van der Waals surface area contributed by atoms with Crippen LogP contribution in [0, 0.1) is 11.3 Å². The first-order chi connectivity index (χ1) is 13.7. The number of ether oxygens (including phenoxy) is 3. The summed E-state index contributed by atoms with van der Waals surface area (Å²) >= 11 is 0. The Morgan fingerprint density at radius 3 is 2.59 bits per heavy atom. The van der Waals surface area contributed by atoms with Crippen molar-refractivity contribution in [2.75, 3.05) is 13.2 Å². The van der Waals surface area contributed by atoms with Crippen molar-refractivity contribution in [1.82, 2.24) is 4.98 Å². The zero-order chi connectivity index (χ0) is 20.9. The van der Waals surface area contributed by atoms with Crippen LogP contribution in [0.15, 0.2) is 35.5 Å². The van der Waals surface area contributed by atoms with Crippen molar-refractivity contribution < 1.29 is 35.8 Å². The first-order valence-electron chi connectivity index (χ1n) is 8.46. The van der Waals surface area contributed by atoms with Gasteiger partial charge in [-0.1, -0.05) is 0 Å². The van der Waals surface area contributed by atoms with E-state index in [1.54, 1.807) is 0 Å². The maximum absolute atomic E-state index is 13.3. The first kappa shape index (κ1) is 19.6. The molecule has 152 valence electrons. The van der Waals surface area contributed by atoms with Crippen molar-refractivity contribution in [3.8, 4) is 17.6 Å². The third-order valence-electron chi connectivity index (χ3n) is 4.73. The molecule has 2 aromatic rings. The SMILES string of the molecule is N#Cc1cncc(Oc2ccc(S(=O)(=O)C(F)(F)F)c3c2CCC32OCCO2)c1. The fourth-order valence-corrected chi connectivity index (χ4v) is 4.58. The fraction of sp³-hybridized carbons (Fsp3) is 0.333. The molecule has 11 heteroatoms.